The third kappa shape index (κ3) is 3.45. The van der Waals surface area contributed by atoms with Crippen LogP contribution in [0.2, 0.25) is 0 Å². The van der Waals surface area contributed by atoms with Gasteiger partial charge in [0.1, 0.15) is 12.4 Å². The van der Waals surface area contributed by atoms with Crippen LogP contribution in [0.15, 0.2) is 65.6 Å². The van der Waals surface area contributed by atoms with Gasteiger partial charge in [0.25, 0.3) is 5.69 Å². The van der Waals surface area contributed by atoms with Crippen LogP contribution in [0.4, 0.5) is 17.1 Å². The van der Waals surface area contributed by atoms with Crippen molar-refractivity contribution in [3.63, 3.8) is 0 Å². The monoisotopic (exact) mass is 364 g/mol. The summed E-state index contributed by atoms with van der Waals surface area (Å²) in [6.07, 6.45) is 3.00. The minimum Gasteiger partial charge on any atom is -0.489 e. The van der Waals surface area contributed by atoms with Gasteiger partial charge >= 0.3 is 0 Å². The number of para-hydroxylation sites is 1. The Labute approximate surface area is 154 Å². The Morgan fingerprint density at radius 3 is 2.73 bits per heavy atom. The highest BCUT2D eigenvalue weighted by atomic mass is 32.1. The number of nitro benzene ring substituents is 1. The van der Waals surface area contributed by atoms with Gasteiger partial charge in [0, 0.05) is 34.7 Å². The summed E-state index contributed by atoms with van der Waals surface area (Å²) in [5.74, 6) is 0.923. The lowest BCUT2D eigenvalue weighted by atomic mass is 10.0. The number of hydrogen-bond donors (Lipinski definition) is 1. The summed E-state index contributed by atoms with van der Waals surface area (Å²) in [6, 6.07) is 16.5. The molecule has 2 heterocycles. The molecule has 5 nitrogen and oxygen atoms in total. The van der Waals surface area contributed by atoms with Crippen molar-refractivity contribution in [2.45, 2.75) is 6.42 Å². The molecule has 4 rings (SSSR count). The summed E-state index contributed by atoms with van der Waals surface area (Å²) < 4.78 is 5.83. The van der Waals surface area contributed by atoms with Crippen LogP contribution in [0.5, 0.6) is 5.75 Å². The molecule has 1 aliphatic rings. The molecule has 0 fully saturated rings. The van der Waals surface area contributed by atoms with Gasteiger partial charge in [-0.15, -0.1) is 11.3 Å². The maximum Gasteiger partial charge on any atom is 0.269 e. The highest BCUT2D eigenvalue weighted by Crippen LogP contribution is 2.32. The molecule has 0 saturated heterocycles. The van der Waals surface area contributed by atoms with E-state index >= 15 is 0 Å². The van der Waals surface area contributed by atoms with Crippen LogP contribution in [0, 0.1) is 10.1 Å². The van der Waals surface area contributed by atoms with E-state index in [4.69, 9.17) is 4.74 Å². The van der Waals surface area contributed by atoms with E-state index < -0.39 is 4.92 Å². The zero-order chi connectivity index (χ0) is 17.9. The lowest BCUT2D eigenvalue weighted by Gasteiger charge is -2.18. The van der Waals surface area contributed by atoms with Crippen LogP contribution in [-0.4, -0.2) is 11.5 Å². The molecule has 26 heavy (non-hydrogen) atoms. The summed E-state index contributed by atoms with van der Waals surface area (Å²) in [5.41, 5.74) is 4.26. The molecule has 3 aromatic rings. The van der Waals surface area contributed by atoms with E-state index in [0.717, 1.165) is 29.1 Å². The minimum atomic E-state index is -0.396. The molecular weight excluding hydrogens is 348 g/mol. The molecule has 6 heteroatoms. The van der Waals surface area contributed by atoms with E-state index in [9.17, 15) is 10.1 Å². The molecule has 0 unspecified atom stereocenters. The Bertz CT molecular complexity index is 977. The van der Waals surface area contributed by atoms with Crippen molar-refractivity contribution < 1.29 is 9.66 Å². The molecule has 130 valence electrons. The van der Waals surface area contributed by atoms with Gasteiger partial charge in [0.05, 0.1) is 10.6 Å². The number of non-ortho nitro benzene ring substituents is 1. The van der Waals surface area contributed by atoms with Gasteiger partial charge < -0.3 is 10.1 Å². The second-order valence-electron chi connectivity index (χ2n) is 5.99. The number of thiophene rings is 1. The Morgan fingerprint density at radius 1 is 1.12 bits per heavy atom. The van der Waals surface area contributed by atoms with E-state index in [-0.39, 0.29) is 5.69 Å². The van der Waals surface area contributed by atoms with Crippen molar-refractivity contribution in [1.82, 2.24) is 0 Å². The number of nitrogens with zero attached hydrogens (tertiary/aromatic N) is 1. The number of nitrogens with one attached hydrogen (secondary N) is 1. The van der Waals surface area contributed by atoms with Crippen LogP contribution in [-0.2, 0) is 6.42 Å². The molecule has 0 spiro atoms. The van der Waals surface area contributed by atoms with Crippen LogP contribution >= 0.6 is 11.3 Å². The van der Waals surface area contributed by atoms with Crippen molar-refractivity contribution in [2.24, 2.45) is 0 Å². The summed E-state index contributed by atoms with van der Waals surface area (Å²) in [5, 5.41) is 16.2. The van der Waals surface area contributed by atoms with Crippen LogP contribution in [0.3, 0.4) is 0 Å². The standard InChI is InChI=1S/C20H16N2O3S/c23-22(24)17-7-5-16(6-8-17)21-18-9-10-26-20(18)12-14-11-15-3-1-2-4-19(15)25-13-14/h1-11,21H,12-13H2. The van der Waals surface area contributed by atoms with Crippen molar-refractivity contribution in [1.29, 1.82) is 0 Å². The summed E-state index contributed by atoms with van der Waals surface area (Å²) >= 11 is 1.68. The SMILES string of the molecule is O=[N+]([O-])c1ccc(Nc2ccsc2CC2=Cc3ccccc3OC2)cc1. The van der Waals surface area contributed by atoms with Gasteiger partial charge in [-0.3, -0.25) is 10.1 Å². The molecule has 0 radical (unpaired) electrons. The predicted molar refractivity (Wildman–Crippen MR) is 104 cm³/mol. The Kier molecular flexibility index (Phi) is 4.41. The molecule has 0 saturated carbocycles. The first-order valence-corrected chi connectivity index (χ1v) is 9.06. The predicted octanol–water partition coefficient (Wildman–Crippen LogP) is 5.42. The number of fused-ring (bicyclic) bond motifs is 1. The molecule has 1 aromatic heterocycles. The highest BCUT2D eigenvalue weighted by molar-refractivity contribution is 7.10. The average Bonchev–Trinajstić information content (AvgIpc) is 3.09. The van der Waals surface area contributed by atoms with E-state index in [1.165, 1.54) is 22.6 Å². The number of rotatable bonds is 5. The summed E-state index contributed by atoms with van der Waals surface area (Å²) in [4.78, 5) is 11.6. The third-order valence-electron chi connectivity index (χ3n) is 4.18. The van der Waals surface area contributed by atoms with Gasteiger partial charge in [-0.1, -0.05) is 18.2 Å². The van der Waals surface area contributed by atoms with Crippen molar-refractivity contribution in [2.75, 3.05) is 11.9 Å². The number of benzene rings is 2. The van der Waals surface area contributed by atoms with Crippen LogP contribution in [0.1, 0.15) is 10.4 Å². The topological polar surface area (TPSA) is 64.4 Å². The van der Waals surface area contributed by atoms with Crippen LogP contribution in [0.25, 0.3) is 6.08 Å². The lowest BCUT2D eigenvalue weighted by Crippen LogP contribution is -2.09. The van der Waals surface area contributed by atoms with E-state index in [2.05, 4.69) is 17.5 Å². The molecule has 0 aliphatic carbocycles. The van der Waals surface area contributed by atoms with Gasteiger partial charge in [0.2, 0.25) is 0 Å². The zero-order valence-electron chi connectivity index (χ0n) is 13.8. The first-order chi connectivity index (χ1) is 12.7. The third-order valence-corrected chi connectivity index (χ3v) is 5.10. The smallest absolute Gasteiger partial charge is 0.269 e. The lowest BCUT2D eigenvalue weighted by molar-refractivity contribution is -0.384. The zero-order valence-corrected chi connectivity index (χ0v) is 14.7. The molecule has 0 bridgehead atoms. The van der Waals surface area contributed by atoms with Crippen molar-refractivity contribution >= 4 is 34.5 Å². The highest BCUT2D eigenvalue weighted by Gasteiger charge is 2.14. The van der Waals surface area contributed by atoms with Gasteiger partial charge in [-0.05, 0) is 41.3 Å². The van der Waals surface area contributed by atoms with Gasteiger partial charge in [0.15, 0.2) is 0 Å². The number of ether oxygens (including phenoxy) is 1. The Morgan fingerprint density at radius 2 is 1.92 bits per heavy atom. The first-order valence-electron chi connectivity index (χ1n) is 8.18. The fourth-order valence-corrected chi connectivity index (χ4v) is 3.77. The van der Waals surface area contributed by atoms with Crippen LogP contribution < -0.4 is 10.1 Å². The quantitative estimate of drug-likeness (QED) is 0.485. The second-order valence-corrected chi connectivity index (χ2v) is 6.99. The second kappa shape index (κ2) is 7.01. The van der Waals surface area contributed by atoms with Crippen molar-refractivity contribution in [3.05, 3.63) is 86.1 Å². The normalized spacial score (nSPS) is 12.7. The maximum absolute atomic E-state index is 10.8. The Hall–Kier alpha value is -3.12. The number of nitro groups is 1. The molecule has 2 aromatic carbocycles. The van der Waals surface area contributed by atoms with Crippen molar-refractivity contribution in [3.8, 4) is 5.75 Å². The first kappa shape index (κ1) is 16.4. The molecular formula is C20H16N2O3S. The van der Waals surface area contributed by atoms with Gasteiger partial charge in [-0.2, -0.15) is 0 Å². The maximum atomic E-state index is 10.8. The number of hydrogen-bond acceptors (Lipinski definition) is 5. The van der Waals surface area contributed by atoms with E-state index in [1.807, 2.05) is 29.6 Å². The molecule has 0 amide bonds. The largest absolute Gasteiger partial charge is 0.489 e. The Balaban J connectivity index is 1.51. The van der Waals surface area contributed by atoms with Gasteiger partial charge in [-0.25, -0.2) is 0 Å². The molecule has 1 aliphatic heterocycles. The molecule has 1 N–H and O–H groups in total. The van der Waals surface area contributed by atoms with E-state index in [0.29, 0.717) is 6.61 Å². The average molecular weight is 364 g/mol. The number of anilines is 2. The fraction of sp³-hybridized carbons (Fsp3) is 0.100. The fourth-order valence-electron chi connectivity index (χ4n) is 2.88. The summed E-state index contributed by atoms with van der Waals surface area (Å²) in [7, 11) is 0. The molecule has 0 atom stereocenters. The minimum absolute atomic E-state index is 0.0873. The van der Waals surface area contributed by atoms with E-state index in [1.54, 1.807) is 23.5 Å². The summed E-state index contributed by atoms with van der Waals surface area (Å²) in [6.45, 7) is 0.589.